The molecule has 0 saturated heterocycles. The topological polar surface area (TPSA) is 128 Å². The van der Waals surface area contributed by atoms with E-state index < -0.39 is 42.0 Å². The van der Waals surface area contributed by atoms with Crippen molar-refractivity contribution < 1.29 is 33.4 Å². The first-order valence-corrected chi connectivity index (χ1v) is 7.21. The summed E-state index contributed by atoms with van der Waals surface area (Å²) in [6.45, 7) is 2.33. The Balaban J connectivity index is 4.53. The third kappa shape index (κ3) is 7.88. The molecule has 2 amide bonds. The average molecular weight is 352 g/mol. The largest absolute Gasteiger partial charge is 0.524 e. The van der Waals surface area contributed by atoms with Crippen molar-refractivity contribution >= 4 is 55.2 Å². The summed E-state index contributed by atoms with van der Waals surface area (Å²) < 4.78 is 8.50. The number of amides is 2. The Kier molecular flexibility index (Phi) is 9.26. The molecule has 0 aliphatic rings. The van der Waals surface area contributed by atoms with Crippen LogP contribution in [0.3, 0.4) is 0 Å². The fourth-order valence-corrected chi connectivity index (χ4v) is 1.66. The Morgan fingerprint density at radius 1 is 0.818 bits per heavy atom. The molecule has 0 aromatic heterocycles. The summed E-state index contributed by atoms with van der Waals surface area (Å²) in [7, 11) is 0. The van der Waals surface area contributed by atoms with Crippen molar-refractivity contribution in [2.75, 3.05) is 11.5 Å². The van der Waals surface area contributed by atoms with E-state index in [0.717, 1.165) is 13.8 Å². The number of thiol groups is 2. The molecule has 0 radical (unpaired) electrons. The van der Waals surface area contributed by atoms with Gasteiger partial charge in [-0.25, -0.2) is 14.4 Å². The second-order valence-electron chi connectivity index (χ2n) is 3.96. The molecule has 0 unspecified atom stereocenters. The molecule has 0 aromatic rings. The van der Waals surface area contributed by atoms with Crippen LogP contribution in [0, 0.1) is 0 Å². The molecule has 9 nitrogen and oxygen atoms in total. The van der Waals surface area contributed by atoms with Crippen LogP contribution >= 0.6 is 25.3 Å². The number of hydrogen-bond acceptors (Lipinski definition) is 9. The third-order valence-electron chi connectivity index (χ3n) is 2.06. The quantitative estimate of drug-likeness (QED) is 0.276. The van der Waals surface area contributed by atoms with Gasteiger partial charge in [0.05, 0.1) is 0 Å². The standard InChI is InChI=1S/C11H16N2O7S2/c1-5(14)12-7(3-21)9(16)19-11(18)20-10(17)8(4-22)13-6(2)15/h7-8,21-22H,3-4H2,1-2H3,(H,12,14)(H,13,15)/t7-,8-/m0/s1. The predicted octanol–water partition coefficient (Wildman–Crippen LogP) is -0.938. The molecular weight excluding hydrogens is 336 g/mol. The summed E-state index contributed by atoms with van der Waals surface area (Å²) >= 11 is 7.63. The highest BCUT2D eigenvalue weighted by Gasteiger charge is 2.27. The van der Waals surface area contributed by atoms with Crippen molar-refractivity contribution in [2.24, 2.45) is 0 Å². The van der Waals surface area contributed by atoms with Gasteiger partial charge in [0.25, 0.3) is 0 Å². The number of hydrogen-bond donors (Lipinski definition) is 4. The van der Waals surface area contributed by atoms with E-state index in [4.69, 9.17) is 0 Å². The minimum atomic E-state index is -1.58. The lowest BCUT2D eigenvalue weighted by Gasteiger charge is -2.15. The van der Waals surface area contributed by atoms with Crippen LogP contribution in [-0.4, -0.2) is 53.5 Å². The van der Waals surface area contributed by atoms with Gasteiger partial charge in [-0.1, -0.05) is 0 Å². The maximum atomic E-state index is 11.5. The van der Waals surface area contributed by atoms with E-state index in [1.54, 1.807) is 0 Å². The molecule has 0 aliphatic carbocycles. The fourth-order valence-electron chi connectivity index (χ4n) is 1.18. The van der Waals surface area contributed by atoms with E-state index in [2.05, 4.69) is 45.4 Å². The summed E-state index contributed by atoms with van der Waals surface area (Å²) in [5, 5.41) is 4.39. The first kappa shape index (κ1) is 20.2. The summed E-state index contributed by atoms with van der Waals surface area (Å²) in [5.41, 5.74) is 0. The van der Waals surface area contributed by atoms with E-state index >= 15 is 0 Å². The third-order valence-corrected chi connectivity index (χ3v) is 2.79. The number of nitrogens with one attached hydrogen (secondary N) is 2. The maximum absolute atomic E-state index is 11.5. The predicted molar refractivity (Wildman–Crippen MR) is 80.5 cm³/mol. The first-order chi connectivity index (χ1) is 10.2. The van der Waals surface area contributed by atoms with Crippen molar-refractivity contribution in [1.82, 2.24) is 10.6 Å². The molecule has 124 valence electrons. The van der Waals surface area contributed by atoms with Crippen molar-refractivity contribution in [3.63, 3.8) is 0 Å². The highest BCUT2D eigenvalue weighted by molar-refractivity contribution is 7.80. The van der Waals surface area contributed by atoms with Gasteiger partial charge >= 0.3 is 18.1 Å². The molecule has 0 heterocycles. The molecule has 0 aliphatic heterocycles. The molecule has 0 rings (SSSR count). The molecule has 0 bridgehead atoms. The Morgan fingerprint density at radius 3 is 1.36 bits per heavy atom. The highest BCUT2D eigenvalue weighted by Crippen LogP contribution is 1.99. The lowest BCUT2D eigenvalue weighted by molar-refractivity contribution is -0.150. The Bertz CT molecular complexity index is 429. The van der Waals surface area contributed by atoms with Crippen molar-refractivity contribution in [2.45, 2.75) is 25.9 Å². The molecule has 0 saturated carbocycles. The molecule has 0 spiro atoms. The summed E-state index contributed by atoms with van der Waals surface area (Å²) in [4.78, 5) is 56.1. The molecule has 22 heavy (non-hydrogen) atoms. The average Bonchev–Trinajstić information content (AvgIpc) is 2.40. The zero-order valence-electron chi connectivity index (χ0n) is 11.8. The fraction of sp³-hybridized carbons (Fsp3) is 0.545. The zero-order chi connectivity index (χ0) is 17.3. The van der Waals surface area contributed by atoms with Crippen LogP contribution in [0.1, 0.15) is 13.8 Å². The first-order valence-electron chi connectivity index (χ1n) is 5.94. The molecule has 2 N–H and O–H groups in total. The Hall–Kier alpha value is -1.75. The number of ether oxygens (including phenoxy) is 2. The normalized spacial score (nSPS) is 12.5. The summed E-state index contributed by atoms with van der Waals surface area (Å²) in [6.07, 6.45) is -1.58. The van der Waals surface area contributed by atoms with E-state index in [1.165, 1.54) is 0 Å². The number of rotatable bonds is 6. The van der Waals surface area contributed by atoms with Crippen molar-refractivity contribution in [3.05, 3.63) is 0 Å². The molecule has 0 aromatic carbocycles. The van der Waals surface area contributed by atoms with Crippen LogP contribution < -0.4 is 10.6 Å². The molecule has 11 heteroatoms. The maximum Gasteiger partial charge on any atom is 0.524 e. The summed E-state index contributed by atoms with van der Waals surface area (Å²) in [5.74, 6) is -3.56. The van der Waals surface area contributed by atoms with E-state index in [9.17, 15) is 24.0 Å². The van der Waals surface area contributed by atoms with Gasteiger partial charge in [-0.15, -0.1) is 0 Å². The molecular formula is C11H16N2O7S2. The van der Waals surface area contributed by atoms with Crippen molar-refractivity contribution in [1.29, 1.82) is 0 Å². The SMILES string of the molecule is CC(=O)N[C@@H](CS)C(=O)OC(=O)OC(=O)[C@H](CS)NC(C)=O. The van der Waals surface area contributed by atoms with E-state index in [1.807, 2.05) is 0 Å². The second-order valence-corrected chi connectivity index (χ2v) is 4.69. The van der Waals surface area contributed by atoms with Crippen LogP contribution in [-0.2, 0) is 28.7 Å². The van der Waals surface area contributed by atoms with Gasteiger partial charge < -0.3 is 20.1 Å². The van der Waals surface area contributed by atoms with Crippen molar-refractivity contribution in [3.8, 4) is 0 Å². The van der Waals surface area contributed by atoms with Gasteiger partial charge in [0.2, 0.25) is 11.8 Å². The van der Waals surface area contributed by atoms with Crippen LogP contribution in [0.2, 0.25) is 0 Å². The number of carbonyl (C=O) groups is 5. The second kappa shape index (κ2) is 10.1. The Morgan fingerprint density at radius 2 is 1.14 bits per heavy atom. The summed E-state index contributed by atoms with van der Waals surface area (Å²) in [6, 6.07) is -2.33. The van der Waals surface area contributed by atoms with Crippen LogP contribution in [0.15, 0.2) is 0 Å². The van der Waals surface area contributed by atoms with Gasteiger partial charge in [-0.05, 0) is 0 Å². The van der Waals surface area contributed by atoms with Gasteiger partial charge in [0.1, 0.15) is 12.1 Å². The number of carbonyl (C=O) groups excluding carboxylic acids is 5. The zero-order valence-corrected chi connectivity index (χ0v) is 13.6. The van der Waals surface area contributed by atoms with Gasteiger partial charge in [-0.3, -0.25) is 9.59 Å². The van der Waals surface area contributed by atoms with E-state index in [0.29, 0.717) is 0 Å². The molecule has 0 fully saturated rings. The minimum absolute atomic E-state index is 0.120. The van der Waals surface area contributed by atoms with Gasteiger partial charge in [-0.2, -0.15) is 25.3 Å². The number of esters is 2. The smallest absolute Gasteiger partial charge is 0.358 e. The van der Waals surface area contributed by atoms with Crippen LogP contribution in [0.4, 0.5) is 4.79 Å². The Labute approximate surface area is 137 Å². The minimum Gasteiger partial charge on any atom is -0.358 e. The monoisotopic (exact) mass is 352 g/mol. The van der Waals surface area contributed by atoms with Crippen LogP contribution in [0.25, 0.3) is 0 Å². The van der Waals surface area contributed by atoms with Gasteiger partial charge in [0.15, 0.2) is 0 Å². The molecule has 2 atom stereocenters. The highest BCUT2D eigenvalue weighted by atomic mass is 32.1. The van der Waals surface area contributed by atoms with E-state index in [-0.39, 0.29) is 11.5 Å². The van der Waals surface area contributed by atoms with Gasteiger partial charge in [0, 0.05) is 25.4 Å². The van der Waals surface area contributed by atoms with Crippen LogP contribution in [0.5, 0.6) is 0 Å². The lowest BCUT2D eigenvalue weighted by Crippen LogP contribution is -2.45. The lowest BCUT2D eigenvalue weighted by atomic mass is 10.3.